The summed E-state index contributed by atoms with van der Waals surface area (Å²) in [5.41, 5.74) is 3.30. The van der Waals surface area contributed by atoms with Crippen LogP contribution in [0.5, 0.6) is 0 Å². The van der Waals surface area contributed by atoms with Crippen LogP contribution < -0.4 is 9.62 Å². The van der Waals surface area contributed by atoms with E-state index in [1.54, 1.807) is 30.3 Å². The molecule has 2 aromatic carbocycles. The molecular formula is C22H30N2O3S. The van der Waals surface area contributed by atoms with Gasteiger partial charge in [-0.1, -0.05) is 43.7 Å². The third-order valence-electron chi connectivity index (χ3n) is 5.13. The molecule has 0 saturated carbocycles. The van der Waals surface area contributed by atoms with E-state index in [4.69, 9.17) is 0 Å². The van der Waals surface area contributed by atoms with E-state index in [0.29, 0.717) is 5.69 Å². The minimum Gasteiger partial charge on any atom is -0.352 e. The normalized spacial score (nSPS) is 12.7. The predicted octanol–water partition coefficient (Wildman–Crippen LogP) is 3.97. The highest BCUT2D eigenvalue weighted by atomic mass is 32.2. The van der Waals surface area contributed by atoms with Gasteiger partial charge < -0.3 is 5.32 Å². The van der Waals surface area contributed by atoms with Crippen LogP contribution in [-0.4, -0.2) is 26.9 Å². The van der Waals surface area contributed by atoms with Crippen LogP contribution in [0, 0.1) is 26.7 Å². The minimum atomic E-state index is -3.89. The van der Waals surface area contributed by atoms with E-state index in [9.17, 15) is 13.2 Å². The van der Waals surface area contributed by atoms with E-state index < -0.39 is 10.0 Å². The van der Waals surface area contributed by atoms with Gasteiger partial charge in [0.05, 0.1) is 10.6 Å². The molecule has 5 nitrogen and oxygen atoms in total. The van der Waals surface area contributed by atoms with Crippen molar-refractivity contribution in [3.8, 4) is 0 Å². The van der Waals surface area contributed by atoms with Gasteiger partial charge in [0.1, 0.15) is 6.54 Å². The van der Waals surface area contributed by atoms with Gasteiger partial charge in [-0.3, -0.25) is 9.10 Å². The molecule has 6 heteroatoms. The molecule has 1 N–H and O–H groups in total. The van der Waals surface area contributed by atoms with Gasteiger partial charge >= 0.3 is 0 Å². The molecule has 0 aliphatic heterocycles. The fourth-order valence-corrected chi connectivity index (χ4v) is 4.22. The Kier molecular flexibility index (Phi) is 6.88. The van der Waals surface area contributed by atoms with Crippen molar-refractivity contribution in [2.24, 2.45) is 5.92 Å². The number of amides is 1. The number of nitrogens with zero attached hydrogens (tertiary/aromatic N) is 1. The number of aryl methyl sites for hydroxylation is 2. The molecule has 0 fully saturated rings. The van der Waals surface area contributed by atoms with Gasteiger partial charge in [0, 0.05) is 6.04 Å². The van der Waals surface area contributed by atoms with Crippen molar-refractivity contribution in [1.29, 1.82) is 0 Å². The summed E-state index contributed by atoms with van der Waals surface area (Å²) >= 11 is 0. The first-order chi connectivity index (χ1) is 13.0. The Morgan fingerprint density at radius 3 is 2.18 bits per heavy atom. The molecule has 0 saturated heterocycles. The first-order valence-corrected chi connectivity index (χ1v) is 10.9. The molecule has 0 radical (unpaired) electrons. The van der Waals surface area contributed by atoms with E-state index in [1.165, 1.54) is 4.31 Å². The molecular weight excluding hydrogens is 372 g/mol. The summed E-state index contributed by atoms with van der Waals surface area (Å²) in [6.45, 7) is 11.4. The summed E-state index contributed by atoms with van der Waals surface area (Å²) in [4.78, 5) is 12.8. The second-order valence-corrected chi connectivity index (χ2v) is 9.51. The number of hydrogen-bond donors (Lipinski definition) is 1. The second kappa shape index (κ2) is 8.78. The Morgan fingerprint density at radius 1 is 1.00 bits per heavy atom. The third-order valence-corrected chi connectivity index (χ3v) is 6.90. The van der Waals surface area contributed by atoms with Crippen molar-refractivity contribution in [3.05, 3.63) is 59.2 Å². The Bertz CT molecular complexity index is 935. The summed E-state index contributed by atoms with van der Waals surface area (Å²) in [7, 11) is -3.89. The van der Waals surface area contributed by atoms with Gasteiger partial charge in [-0.2, -0.15) is 0 Å². The Morgan fingerprint density at radius 2 is 1.61 bits per heavy atom. The molecule has 2 rings (SSSR count). The zero-order valence-corrected chi connectivity index (χ0v) is 18.3. The summed E-state index contributed by atoms with van der Waals surface area (Å²) < 4.78 is 28.0. The number of anilines is 1. The van der Waals surface area contributed by atoms with E-state index in [2.05, 4.69) is 5.32 Å². The van der Waals surface area contributed by atoms with Crippen LogP contribution in [0.1, 0.15) is 37.5 Å². The lowest BCUT2D eigenvalue weighted by atomic mass is 10.1. The maximum Gasteiger partial charge on any atom is 0.264 e. The number of hydrogen-bond acceptors (Lipinski definition) is 3. The highest BCUT2D eigenvalue weighted by Gasteiger charge is 2.29. The van der Waals surface area contributed by atoms with Crippen molar-refractivity contribution in [2.75, 3.05) is 10.8 Å². The number of sulfonamides is 1. The zero-order chi connectivity index (χ0) is 21.1. The lowest BCUT2D eigenvalue weighted by molar-refractivity contribution is -0.120. The molecule has 1 atom stereocenters. The van der Waals surface area contributed by atoms with Gasteiger partial charge in [-0.05, 0) is 62.9 Å². The smallest absolute Gasteiger partial charge is 0.264 e. The van der Waals surface area contributed by atoms with Crippen LogP contribution in [0.15, 0.2) is 47.4 Å². The Labute approximate surface area is 168 Å². The Hall–Kier alpha value is -2.34. The van der Waals surface area contributed by atoms with Crippen molar-refractivity contribution < 1.29 is 13.2 Å². The lowest BCUT2D eigenvalue weighted by Crippen LogP contribution is -2.45. The van der Waals surface area contributed by atoms with Crippen LogP contribution in [0.25, 0.3) is 0 Å². The Balaban J connectivity index is 2.48. The van der Waals surface area contributed by atoms with Gasteiger partial charge in [0.15, 0.2) is 0 Å². The topological polar surface area (TPSA) is 66.5 Å². The predicted molar refractivity (Wildman–Crippen MR) is 114 cm³/mol. The monoisotopic (exact) mass is 402 g/mol. The first-order valence-electron chi connectivity index (χ1n) is 9.49. The van der Waals surface area contributed by atoms with Crippen molar-refractivity contribution in [3.63, 3.8) is 0 Å². The molecule has 0 unspecified atom stereocenters. The van der Waals surface area contributed by atoms with Gasteiger partial charge in [0.2, 0.25) is 5.91 Å². The summed E-state index contributed by atoms with van der Waals surface area (Å²) in [6, 6.07) is 12.1. The second-order valence-electron chi connectivity index (χ2n) is 7.64. The maximum atomic E-state index is 13.4. The van der Waals surface area contributed by atoms with E-state index >= 15 is 0 Å². The average molecular weight is 403 g/mol. The lowest BCUT2D eigenvalue weighted by Gasteiger charge is -2.27. The van der Waals surface area contributed by atoms with Crippen LogP contribution in [0.2, 0.25) is 0 Å². The molecule has 0 spiro atoms. The molecule has 1 amide bonds. The number of carbonyl (C=O) groups is 1. The summed E-state index contributed by atoms with van der Waals surface area (Å²) in [6.07, 6.45) is 0. The molecule has 0 aliphatic carbocycles. The van der Waals surface area contributed by atoms with Crippen LogP contribution in [0.3, 0.4) is 0 Å². The van der Waals surface area contributed by atoms with Gasteiger partial charge in [-0.25, -0.2) is 8.42 Å². The van der Waals surface area contributed by atoms with Crippen LogP contribution >= 0.6 is 0 Å². The van der Waals surface area contributed by atoms with Gasteiger partial charge in [-0.15, -0.1) is 0 Å². The molecule has 0 heterocycles. The minimum absolute atomic E-state index is 0.0463. The SMILES string of the molecule is Cc1ccc(S(=O)(=O)N(CC(=O)N[C@@H](C)C(C)C)c2cccc(C)c2C)cc1. The summed E-state index contributed by atoms with van der Waals surface area (Å²) in [5, 5.41) is 2.90. The van der Waals surface area contributed by atoms with Gasteiger partial charge in [0.25, 0.3) is 10.0 Å². The molecule has 0 aromatic heterocycles. The largest absolute Gasteiger partial charge is 0.352 e. The molecule has 0 aliphatic rings. The molecule has 2 aromatic rings. The molecule has 28 heavy (non-hydrogen) atoms. The average Bonchev–Trinajstić information content (AvgIpc) is 2.62. The molecule has 0 bridgehead atoms. The van der Waals surface area contributed by atoms with Crippen LogP contribution in [0.4, 0.5) is 5.69 Å². The highest BCUT2D eigenvalue weighted by molar-refractivity contribution is 7.92. The van der Waals surface area contributed by atoms with Crippen molar-refractivity contribution >= 4 is 21.6 Å². The number of rotatable bonds is 7. The maximum absolute atomic E-state index is 13.4. The van der Waals surface area contributed by atoms with Crippen LogP contribution in [-0.2, 0) is 14.8 Å². The fourth-order valence-electron chi connectivity index (χ4n) is 2.74. The summed E-state index contributed by atoms with van der Waals surface area (Å²) in [5.74, 6) is -0.0652. The number of nitrogens with one attached hydrogen (secondary N) is 1. The standard InChI is InChI=1S/C22H30N2O3S/c1-15(2)19(6)23-22(25)14-24(21-9-7-8-17(4)18(21)5)28(26,27)20-12-10-16(3)11-13-20/h7-13,15,19H,14H2,1-6H3,(H,23,25)/t19-/m0/s1. The van der Waals surface area contributed by atoms with E-state index in [-0.39, 0.29) is 29.3 Å². The number of benzene rings is 2. The third kappa shape index (κ3) is 4.93. The van der Waals surface area contributed by atoms with E-state index in [1.807, 2.05) is 53.7 Å². The zero-order valence-electron chi connectivity index (χ0n) is 17.5. The van der Waals surface area contributed by atoms with E-state index in [0.717, 1.165) is 16.7 Å². The first kappa shape index (κ1) is 22.0. The fraction of sp³-hybridized carbons (Fsp3) is 0.409. The number of carbonyl (C=O) groups excluding carboxylic acids is 1. The highest BCUT2D eigenvalue weighted by Crippen LogP contribution is 2.28. The van der Waals surface area contributed by atoms with Crippen molar-refractivity contribution in [2.45, 2.75) is 52.5 Å². The quantitative estimate of drug-likeness (QED) is 0.762. The molecule has 152 valence electrons. The van der Waals surface area contributed by atoms with Crippen molar-refractivity contribution in [1.82, 2.24) is 5.32 Å².